The van der Waals surface area contributed by atoms with E-state index in [1.807, 2.05) is 6.92 Å². The van der Waals surface area contributed by atoms with Crippen LogP contribution < -0.4 is 5.32 Å². The summed E-state index contributed by atoms with van der Waals surface area (Å²) in [6.07, 6.45) is 5.90. The largest absolute Gasteiger partial charge is 0.478 e. The number of hydrogen-bond acceptors (Lipinski definition) is 2. The van der Waals surface area contributed by atoms with Crippen LogP contribution in [0.15, 0.2) is 29.8 Å². The van der Waals surface area contributed by atoms with E-state index >= 15 is 0 Å². The van der Waals surface area contributed by atoms with Crippen molar-refractivity contribution in [3.05, 3.63) is 41.0 Å². The molecule has 1 aromatic rings. The smallest absolute Gasteiger partial charge is 0.331 e. The molecule has 0 spiro atoms. The molecule has 0 heterocycles. The van der Waals surface area contributed by atoms with Crippen LogP contribution in [0.5, 0.6) is 0 Å². The van der Waals surface area contributed by atoms with Crippen molar-refractivity contribution in [1.82, 2.24) is 0 Å². The van der Waals surface area contributed by atoms with E-state index in [1.54, 1.807) is 6.08 Å². The number of rotatable bonds is 5. The zero-order valence-corrected chi connectivity index (χ0v) is 10.7. The molecule has 1 aliphatic rings. The maximum absolute atomic E-state index is 10.8. The van der Waals surface area contributed by atoms with Crippen molar-refractivity contribution >= 4 is 11.7 Å². The van der Waals surface area contributed by atoms with Crippen LogP contribution in [0.1, 0.15) is 30.9 Å². The molecule has 0 saturated carbocycles. The van der Waals surface area contributed by atoms with Gasteiger partial charge in [0, 0.05) is 17.8 Å². The zero-order valence-electron chi connectivity index (χ0n) is 10.7. The predicted molar refractivity (Wildman–Crippen MR) is 73.0 cm³/mol. The van der Waals surface area contributed by atoms with Gasteiger partial charge in [0.1, 0.15) is 0 Å². The summed E-state index contributed by atoms with van der Waals surface area (Å²) >= 11 is 0. The number of aliphatic carboxylic acids is 1. The Labute approximate surface area is 108 Å². The molecule has 0 aromatic heterocycles. The van der Waals surface area contributed by atoms with Gasteiger partial charge in [-0.1, -0.05) is 19.1 Å². The molecule has 0 bridgehead atoms. The third-order valence-corrected chi connectivity index (χ3v) is 3.41. The summed E-state index contributed by atoms with van der Waals surface area (Å²) in [6, 6.07) is 6.43. The fourth-order valence-corrected chi connectivity index (χ4v) is 2.36. The lowest BCUT2D eigenvalue weighted by molar-refractivity contribution is -0.132. The summed E-state index contributed by atoms with van der Waals surface area (Å²) in [5, 5.41) is 12.2. The summed E-state index contributed by atoms with van der Waals surface area (Å²) in [4.78, 5) is 10.8. The highest BCUT2D eigenvalue weighted by Crippen LogP contribution is 2.24. The molecule has 18 heavy (non-hydrogen) atoms. The molecule has 2 N–H and O–H groups in total. The van der Waals surface area contributed by atoms with Crippen molar-refractivity contribution in [3.8, 4) is 0 Å². The van der Waals surface area contributed by atoms with Crippen molar-refractivity contribution < 1.29 is 9.90 Å². The fraction of sp³-hybridized carbons (Fsp3) is 0.400. The maximum atomic E-state index is 10.8. The molecular weight excluding hydrogens is 226 g/mol. The molecule has 1 aromatic carbocycles. The van der Waals surface area contributed by atoms with Gasteiger partial charge < -0.3 is 10.4 Å². The topological polar surface area (TPSA) is 49.3 Å². The van der Waals surface area contributed by atoms with Gasteiger partial charge in [-0.3, -0.25) is 0 Å². The first-order chi connectivity index (χ1) is 8.70. The Kier molecular flexibility index (Phi) is 4.03. The number of anilines is 1. The average Bonchev–Trinajstić information content (AvgIpc) is 2.81. The first-order valence-corrected chi connectivity index (χ1v) is 6.48. The van der Waals surface area contributed by atoms with E-state index in [2.05, 4.69) is 23.5 Å². The quantitative estimate of drug-likeness (QED) is 0.784. The first-order valence-electron chi connectivity index (χ1n) is 6.48. The number of benzene rings is 1. The molecule has 3 heteroatoms. The van der Waals surface area contributed by atoms with Crippen LogP contribution in [0.2, 0.25) is 0 Å². The van der Waals surface area contributed by atoms with E-state index in [9.17, 15) is 4.79 Å². The molecule has 0 atom stereocenters. The molecule has 1 aliphatic carbocycles. The molecule has 0 fully saturated rings. The predicted octanol–water partition coefficient (Wildman–Crippen LogP) is 3.01. The van der Waals surface area contributed by atoms with Gasteiger partial charge in [-0.2, -0.15) is 0 Å². The van der Waals surface area contributed by atoms with E-state index in [0.29, 0.717) is 18.5 Å². The van der Waals surface area contributed by atoms with Crippen molar-refractivity contribution in [2.24, 2.45) is 0 Å². The normalized spacial score (nSPS) is 14.4. The Hall–Kier alpha value is -1.77. The number of carboxylic acid groups (broad SMARTS) is 1. The third-order valence-electron chi connectivity index (χ3n) is 3.41. The minimum absolute atomic E-state index is 0.462. The zero-order chi connectivity index (χ0) is 13.0. The number of hydrogen-bond donors (Lipinski definition) is 2. The Bertz CT molecular complexity index is 477. The maximum Gasteiger partial charge on any atom is 0.331 e. The van der Waals surface area contributed by atoms with Crippen LogP contribution in [-0.2, 0) is 17.6 Å². The third kappa shape index (κ3) is 2.92. The van der Waals surface area contributed by atoms with Crippen LogP contribution in [0.4, 0.5) is 5.69 Å². The second-order valence-electron chi connectivity index (χ2n) is 4.61. The second kappa shape index (κ2) is 5.71. The van der Waals surface area contributed by atoms with Gasteiger partial charge in [-0.15, -0.1) is 0 Å². The van der Waals surface area contributed by atoms with Crippen molar-refractivity contribution in [3.63, 3.8) is 0 Å². The Morgan fingerprint density at radius 3 is 2.89 bits per heavy atom. The number of nitrogens with one attached hydrogen (secondary N) is 1. The van der Waals surface area contributed by atoms with Gasteiger partial charge in [0.05, 0.1) is 0 Å². The summed E-state index contributed by atoms with van der Waals surface area (Å²) < 4.78 is 0. The molecular formula is C15H19NO2. The SMILES string of the molecule is CC/C(=C/CNc1ccc2c(c1)CCC2)C(=O)O. The van der Waals surface area contributed by atoms with Crippen LogP contribution in [0, 0.1) is 0 Å². The molecule has 0 radical (unpaired) electrons. The van der Waals surface area contributed by atoms with Crippen LogP contribution in [-0.4, -0.2) is 17.6 Å². The minimum Gasteiger partial charge on any atom is -0.478 e. The lowest BCUT2D eigenvalue weighted by Gasteiger charge is -2.07. The van der Waals surface area contributed by atoms with Gasteiger partial charge >= 0.3 is 5.97 Å². The van der Waals surface area contributed by atoms with Crippen LogP contribution >= 0.6 is 0 Å². The van der Waals surface area contributed by atoms with E-state index < -0.39 is 5.97 Å². The van der Waals surface area contributed by atoms with E-state index in [0.717, 1.165) is 12.1 Å². The molecule has 0 amide bonds. The van der Waals surface area contributed by atoms with Gasteiger partial charge in [0.25, 0.3) is 0 Å². The highest BCUT2D eigenvalue weighted by molar-refractivity contribution is 5.86. The monoisotopic (exact) mass is 245 g/mol. The number of carbonyl (C=O) groups is 1. The summed E-state index contributed by atoms with van der Waals surface area (Å²) in [6.45, 7) is 2.42. The van der Waals surface area contributed by atoms with Crippen molar-refractivity contribution in [2.75, 3.05) is 11.9 Å². The summed E-state index contributed by atoms with van der Waals surface area (Å²) in [5.74, 6) is -0.826. The molecule has 3 nitrogen and oxygen atoms in total. The Balaban J connectivity index is 1.96. The van der Waals surface area contributed by atoms with Gasteiger partial charge in [-0.25, -0.2) is 4.79 Å². The lowest BCUT2D eigenvalue weighted by atomic mass is 10.1. The molecule has 0 aliphatic heterocycles. The van der Waals surface area contributed by atoms with E-state index in [1.165, 1.54) is 24.0 Å². The summed E-state index contributed by atoms with van der Waals surface area (Å²) in [7, 11) is 0. The number of fused-ring (bicyclic) bond motifs is 1. The fourth-order valence-electron chi connectivity index (χ4n) is 2.36. The van der Waals surface area contributed by atoms with Gasteiger partial charge in [-0.05, 0) is 48.9 Å². The van der Waals surface area contributed by atoms with Gasteiger partial charge in [0.15, 0.2) is 0 Å². The number of carboxylic acids is 1. The minimum atomic E-state index is -0.826. The molecule has 0 unspecified atom stereocenters. The average molecular weight is 245 g/mol. The van der Waals surface area contributed by atoms with Gasteiger partial charge in [0.2, 0.25) is 0 Å². The highest BCUT2D eigenvalue weighted by Gasteiger charge is 2.10. The molecule has 2 rings (SSSR count). The van der Waals surface area contributed by atoms with E-state index in [-0.39, 0.29) is 0 Å². The summed E-state index contributed by atoms with van der Waals surface area (Å²) in [5.41, 5.74) is 4.42. The highest BCUT2D eigenvalue weighted by atomic mass is 16.4. The number of aryl methyl sites for hydroxylation is 2. The standard InChI is InChI=1S/C15H19NO2/c1-2-11(15(17)18)8-9-16-14-7-6-12-4-3-5-13(12)10-14/h6-8,10,16H,2-5,9H2,1H3,(H,17,18)/b11-8-. The van der Waals surface area contributed by atoms with Crippen LogP contribution in [0.3, 0.4) is 0 Å². The molecule has 0 saturated heterocycles. The Morgan fingerprint density at radius 1 is 1.39 bits per heavy atom. The van der Waals surface area contributed by atoms with Crippen LogP contribution in [0.25, 0.3) is 0 Å². The first kappa shape index (κ1) is 12.7. The van der Waals surface area contributed by atoms with Crippen molar-refractivity contribution in [1.29, 1.82) is 0 Å². The van der Waals surface area contributed by atoms with E-state index in [4.69, 9.17) is 5.11 Å². The Morgan fingerprint density at radius 2 is 2.17 bits per heavy atom. The lowest BCUT2D eigenvalue weighted by Crippen LogP contribution is -2.05. The van der Waals surface area contributed by atoms with Crippen molar-refractivity contribution in [2.45, 2.75) is 32.6 Å². The molecule has 96 valence electrons. The second-order valence-corrected chi connectivity index (χ2v) is 4.61.